The zero-order valence-electron chi connectivity index (χ0n) is 16.2. The summed E-state index contributed by atoms with van der Waals surface area (Å²) in [4.78, 5) is -0.0942. The molecule has 0 radical (unpaired) electrons. The zero-order chi connectivity index (χ0) is 23.1. The number of nitrogens with two attached hydrogens (primary N) is 1. The fourth-order valence-electron chi connectivity index (χ4n) is 3.15. The summed E-state index contributed by atoms with van der Waals surface area (Å²) in [5.41, 5.74) is 1.63. The Labute approximate surface area is 180 Å². The highest BCUT2D eigenvalue weighted by Crippen LogP contribution is 2.33. The standard InChI is InChI=1S/C22H15F4N3O2S/c23-17-7-3-14(4-8-17)20-13-21(15-1-5-16(6-2-15)22(24,25)26)29(28-20)18-9-11-19(12-10-18)32(27,30)31/h1-13H,(H2,27,30,31). The van der Waals surface area contributed by atoms with E-state index in [2.05, 4.69) is 5.10 Å². The van der Waals surface area contributed by atoms with Crippen molar-refractivity contribution >= 4 is 10.0 Å². The van der Waals surface area contributed by atoms with E-state index in [9.17, 15) is 26.0 Å². The van der Waals surface area contributed by atoms with Crippen LogP contribution >= 0.6 is 0 Å². The second-order valence-corrected chi connectivity index (χ2v) is 8.51. The van der Waals surface area contributed by atoms with E-state index < -0.39 is 27.6 Å². The van der Waals surface area contributed by atoms with Gasteiger partial charge in [-0.05, 0) is 66.7 Å². The molecule has 0 saturated carbocycles. The van der Waals surface area contributed by atoms with Gasteiger partial charge in [-0.25, -0.2) is 22.6 Å². The van der Waals surface area contributed by atoms with E-state index >= 15 is 0 Å². The summed E-state index contributed by atoms with van der Waals surface area (Å²) >= 11 is 0. The van der Waals surface area contributed by atoms with Gasteiger partial charge in [0.1, 0.15) is 5.82 Å². The number of sulfonamides is 1. The lowest BCUT2D eigenvalue weighted by Crippen LogP contribution is -2.12. The third-order valence-corrected chi connectivity index (χ3v) is 5.70. The average Bonchev–Trinajstić information content (AvgIpc) is 3.19. The van der Waals surface area contributed by atoms with Crippen LogP contribution < -0.4 is 5.14 Å². The number of hydrogen-bond donors (Lipinski definition) is 1. The molecule has 32 heavy (non-hydrogen) atoms. The van der Waals surface area contributed by atoms with Crippen molar-refractivity contribution in [2.75, 3.05) is 0 Å². The van der Waals surface area contributed by atoms with Crippen molar-refractivity contribution in [2.45, 2.75) is 11.1 Å². The first-order chi connectivity index (χ1) is 15.0. The number of benzene rings is 3. The van der Waals surface area contributed by atoms with E-state index in [1.54, 1.807) is 6.07 Å². The molecule has 164 valence electrons. The van der Waals surface area contributed by atoms with Crippen LogP contribution in [0.1, 0.15) is 5.56 Å². The molecule has 3 aromatic carbocycles. The van der Waals surface area contributed by atoms with Crippen LogP contribution in [-0.4, -0.2) is 18.2 Å². The molecule has 0 saturated heterocycles. The fourth-order valence-corrected chi connectivity index (χ4v) is 3.67. The topological polar surface area (TPSA) is 78.0 Å². The molecule has 0 spiro atoms. The second kappa shape index (κ2) is 7.88. The summed E-state index contributed by atoms with van der Waals surface area (Å²) in [6.45, 7) is 0. The smallest absolute Gasteiger partial charge is 0.232 e. The van der Waals surface area contributed by atoms with E-state index in [4.69, 9.17) is 5.14 Å². The Balaban J connectivity index is 1.85. The Morgan fingerprint density at radius 2 is 1.38 bits per heavy atom. The van der Waals surface area contributed by atoms with Crippen LogP contribution in [0.4, 0.5) is 17.6 Å². The minimum Gasteiger partial charge on any atom is -0.232 e. The van der Waals surface area contributed by atoms with Crippen molar-refractivity contribution in [2.24, 2.45) is 5.14 Å². The molecule has 0 atom stereocenters. The van der Waals surface area contributed by atoms with Crippen LogP contribution in [0.2, 0.25) is 0 Å². The quantitative estimate of drug-likeness (QED) is 0.434. The van der Waals surface area contributed by atoms with E-state index in [0.29, 0.717) is 28.2 Å². The van der Waals surface area contributed by atoms with Crippen molar-refractivity contribution < 1.29 is 26.0 Å². The van der Waals surface area contributed by atoms with Crippen molar-refractivity contribution in [3.63, 3.8) is 0 Å². The summed E-state index contributed by atoms with van der Waals surface area (Å²) in [5.74, 6) is -0.422. The molecule has 0 aliphatic heterocycles. The van der Waals surface area contributed by atoms with Crippen molar-refractivity contribution in [1.29, 1.82) is 0 Å². The summed E-state index contributed by atoms with van der Waals surface area (Å²) in [6.07, 6.45) is -4.47. The van der Waals surface area contributed by atoms with Crippen LogP contribution in [0.25, 0.3) is 28.2 Å². The molecule has 1 heterocycles. The first-order valence-electron chi connectivity index (χ1n) is 9.19. The number of halogens is 4. The Hall–Kier alpha value is -3.50. The SMILES string of the molecule is NS(=O)(=O)c1ccc(-n2nc(-c3ccc(F)cc3)cc2-c2ccc(C(F)(F)F)cc2)cc1. The highest BCUT2D eigenvalue weighted by molar-refractivity contribution is 7.89. The third-order valence-electron chi connectivity index (χ3n) is 4.77. The monoisotopic (exact) mass is 461 g/mol. The minimum absolute atomic E-state index is 0.0942. The summed E-state index contributed by atoms with van der Waals surface area (Å²) in [6, 6.07) is 17.4. The van der Waals surface area contributed by atoms with Gasteiger partial charge in [0.15, 0.2) is 0 Å². The summed E-state index contributed by atoms with van der Waals surface area (Å²) < 4.78 is 76.7. The maximum Gasteiger partial charge on any atom is 0.416 e. The highest BCUT2D eigenvalue weighted by atomic mass is 32.2. The first kappa shape index (κ1) is 21.7. The Kier molecular flexibility index (Phi) is 5.35. The van der Waals surface area contributed by atoms with Crippen molar-refractivity contribution in [3.8, 4) is 28.2 Å². The highest BCUT2D eigenvalue weighted by Gasteiger charge is 2.30. The zero-order valence-corrected chi connectivity index (χ0v) is 17.0. The Morgan fingerprint density at radius 3 is 1.91 bits per heavy atom. The molecule has 10 heteroatoms. The fraction of sp³-hybridized carbons (Fsp3) is 0.0455. The van der Waals surface area contributed by atoms with Gasteiger partial charge >= 0.3 is 6.18 Å². The van der Waals surface area contributed by atoms with E-state index in [1.807, 2.05) is 0 Å². The van der Waals surface area contributed by atoms with Gasteiger partial charge in [-0.15, -0.1) is 0 Å². The van der Waals surface area contributed by atoms with Gasteiger partial charge in [-0.1, -0.05) is 12.1 Å². The molecule has 0 aliphatic rings. The lowest BCUT2D eigenvalue weighted by atomic mass is 10.1. The molecule has 4 aromatic rings. The van der Waals surface area contributed by atoms with Gasteiger partial charge in [0.05, 0.1) is 27.5 Å². The molecule has 5 nitrogen and oxygen atoms in total. The molecular weight excluding hydrogens is 446 g/mol. The Bertz CT molecular complexity index is 1360. The normalized spacial score (nSPS) is 12.2. The predicted molar refractivity (Wildman–Crippen MR) is 111 cm³/mol. The lowest BCUT2D eigenvalue weighted by Gasteiger charge is -2.10. The largest absolute Gasteiger partial charge is 0.416 e. The van der Waals surface area contributed by atoms with Crippen LogP contribution in [0.15, 0.2) is 83.8 Å². The Morgan fingerprint density at radius 1 is 0.812 bits per heavy atom. The second-order valence-electron chi connectivity index (χ2n) is 6.95. The van der Waals surface area contributed by atoms with Gasteiger partial charge in [0.25, 0.3) is 0 Å². The number of alkyl halides is 3. The van der Waals surface area contributed by atoms with Gasteiger partial charge in [-0.3, -0.25) is 0 Å². The predicted octanol–water partition coefficient (Wildman–Crippen LogP) is 5.01. The molecule has 2 N–H and O–H groups in total. The van der Waals surface area contributed by atoms with Gasteiger partial charge in [0.2, 0.25) is 10.0 Å². The van der Waals surface area contributed by atoms with E-state index in [1.165, 1.54) is 65.3 Å². The minimum atomic E-state index is -4.47. The van der Waals surface area contributed by atoms with Crippen LogP contribution in [0, 0.1) is 5.82 Å². The number of hydrogen-bond acceptors (Lipinski definition) is 3. The molecule has 1 aromatic heterocycles. The molecule has 0 unspecified atom stereocenters. The van der Waals surface area contributed by atoms with Gasteiger partial charge in [-0.2, -0.15) is 18.3 Å². The molecule has 4 rings (SSSR count). The average molecular weight is 461 g/mol. The van der Waals surface area contributed by atoms with Gasteiger partial charge < -0.3 is 0 Å². The summed E-state index contributed by atoms with van der Waals surface area (Å²) in [5, 5.41) is 9.65. The van der Waals surface area contributed by atoms with E-state index in [-0.39, 0.29) is 4.90 Å². The molecular formula is C22H15F4N3O2S. The third kappa shape index (κ3) is 4.41. The van der Waals surface area contributed by atoms with E-state index in [0.717, 1.165) is 12.1 Å². The number of aromatic nitrogens is 2. The number of rotatable bonds is 4. The summed E-state index contributed by atoms with van der Waals surface area (Å²) in [7, 11) is -3.90. The molecule has 0 aliphatic carbocycles. The molecule has 0 amide bonds. The van der Waals surface area contributed by atoms with Crippen molar-refractivity contribution in [1.82, 2.24) is 9.78 Å². The first-order valence-corrected chi connectivity index (χ1v) is 10.7. The molecule has 0 bridgehead atoms. The number of primary sulfonamides is 1. The number of nitrogens with zero attached hydrogens (tertiary/aromatic N) is 2. The maximum atomic E-state index is 13.3. The molecule has 0 fully saturated rings. The van der Waals surface area contributed by atoms with Crippen LogP contribution in [0.5, 0.6) is 0 Å². The van der Waals surface area contributed by atoms with Crippen LogP contribution in [0.3, 0.4) is 0 Å². The van der Waals surface area contributed by atoms with Crippen LogP contribution in [-0.2, 0) is 16.2 Å². The van der Waals surface area contributed by atoms with Gasteiger partial charge in [0, 0.05) is 11.1 Å². The maximum absolute atomic E-state index is 13.3. The van der Waals surface area contributed by atoms with Crippen molar-refractivity contribution in [3.05, 3.63) is 90.2 Å². The lowest BCUT2D eigenvalue weighted by molar-refractivity contribution is -0.137.